The lowest BCUT2D eigenvalue weighted by Gasteiger charge is -2.33. The van der Waals surface area contributed by atoms with Crippen molar-refractivity contribution in [1.29, 1.82) is 0 Å². The summed E-state index contributed by atoms with van der Waals surface area (Å²) in [6, 6.07) is 20.2. The largest absolute Gasteiger partial charge is 0.573 e. The maximum absolute atomic E-state index is 13.4. The second-order valence-corrected chi connectivity index (χ2v) is 10.2. The van der Waals surface area contributed by atoms with Gasteiger partial charge in [-0.05, 0) is 59.9 Å². The summed E-state index contributed by atoms with van der Waals surface area (Å²) in [7, 11) is 0. The number of ether oxygens (including phenoxy) is 2. The summed E-state index contributed by atoms with van der Waals surface area (Å²) in [5.74, 6) is -0.382. The number of hydrogen-bond donors (Lipinski definition) is 2. The second kappa shape index (κ2) is 10.9. The van der Waals surface area contributed by atoms with E-state index in [1.165, 1.54) is 23.1 Å². The Morgan fingerprint density at radius 1 is 1.00 bits per heavy atom. The molecule has 2 heterocycles. The third kappa shape index (κ3) is 6.15. The molecule has 5 rings (SSSR count). The number of para-hydroxylation sites is 1. The van der Waals surface area contributed by atoms with Crippen molar-refractivity contribution in [3.8, 4) is 5.75 Å². The molecule has 0 bridgehead atoms. The first-order chi connectivity index (χ1) is 18.9. The zero-order valence-electron chi connectivity index (χ0n) is 21.3. The van der Waals surface area contributed by atoms with E-state index in [1.807, 2.05) is 30.3 Å². The van der Waals surface area contributed by atoms with Crippen LogP contribution in [0.15, 0.2) is 72.8 Å². The molecule has 40 heavy (non-hydrogen) atoms. The fourth-order valence-corrected chi connectivity index (χ4v) is 5.62. The molecule has 0 spiro atoms. The average molecular weight is 567 g/mol. The highest BCUT2D eigenvalue weighted by atomic mass is 19.4. The van der Waals surface area contributed by atoms with Crippen molar-refractivity contribution >= 4 is 11.4 Å². The van der Waals surface area contributed by atoms with E-state index in [0.717, 1.165) is 17.7 Å². The van der Waals surface area contributed by atoms with Gasteiger partial charge in [-0.25, -0.2) is 0 Å². The Bertz CT molecular complexity index is 1330. The molecular formula is C29H28F6N2O3. The standard InChI is InChI=1S/C29H28F6N2O3/c30-28(31,32)26(38)16-37-18-27(24-9-1-2-10-25(24)37,15-19-5-3-8-23(13-19)40-29(33,34)35)20-6-4-7-21(14-20)36-22-11-12-39-17-22/h1-10,13-14,22,26,36,38H,11-12,15-18H2/t22-,26-,27?/m1/s1. The third-order valence-electron chi connectivity index (χ3n) is 7.35. The van der Waals surface area contributed by atoms with Crippen LogP contribution >= 0.6 is 0 Å². The van der Waals surface area contributed by atoms with Crippen molar-refractivity contribution < 1.29 is 40.9 Å². The number of anilines is 2. The topological polar surface area (TPSA) is 54.0 Å². The van der Waals surface area contributed by atoms with Gasteiger partial charge in [0.15, 0.2) is 6.10 Å². The van der Waals surface area contributed by atoms with Crippen LogP contribution in [0.3, 0.4) is 0 Å². The molecule has 1 fully saturated rings. The summed E-state index contributed by atoms with van der Waals surface area (Å²) in [6.07, 6.45) is -11.3. The van der Waals surface area contributed by atoms with Crippen LogP contribution in [-0.4, -0.2) is 56.1 Å². The van der Waals surface area contributed by atoms with Crippen LogP contribution in [0.5, 0.6) is 5.75 Å². The van der Waals surface area contributed by atoms with Crippen molar-refractivity contribution in [3.63, 3.8) is 0 Å². The minimum Gasteiger partial charge on any atom is -0.406 e. The Balaban J connectivity index is 1.58. The van der Waals surface area contributed by atoms with Crippen molar-refractivity contribution in [2.45, 2.75) is 42.9 Å². The van der Waals surface area contributed by atoms with E-state index in [9.17, 15) is 31.4 Å². The molecule has 3 atom stereocenters. The maximum atomic E-state index is 13.4. The minimum atomic E-state index is -4.87. The van der Waals surface area contributed by atoms with Crippen LogP contribution in [0.2, 0.25) is 0 Å². The van der Waals surface area contributed by atoms with E-state index in [1.54, 1.807) is 24.3 Å². The van der Waals surface area contributed by atoms with Crippen molar-refractivity contribution in [1.82, 2.24) is 0 Å². The van der Waals surface area contributed by atoms with Crippen LogP contribution < -0.4 is 15.0 Å². The number of β-amino-alcohol motifs (C(OH)–C–C–N with tert-alkyl or cyclic N) is 1. The molecule has 0 radical (unpaired) electrons. The van der Waals surface area contributed by atoms with E-state index in [4.69, 9.17) is 4.74 Å². The highest BCUT2D eigenvalue weighted by Crippen LogP contribution is 2.48. The van der Waals surface area contributed by atoms with Gasteiger partial charge in [-0.15, -0.1) is 13.2 Å². The molecule has 3 aromatic carbocycles. The first-order valence-corrected chi connectivity index (χ1v) is 12.8. The number of halogens is 6. The highest BCUT2D eigenvalue weighted by molar-refractivity contribution is 5.68. The predicted molar refractivity (Wildman–Crippen MR) is 138 cm³/mol. The molecule has 0 aromatic heterocycles. The van der Waals surface area contributed by atoms with Gasteiger partial charge in [0, 0.05) is 29.9 Å². The summed E-state index contributed by atoms with van der Waals surface area (Å²) in [5, 5.41) is 13.4. The van der Waals surface area contributed by atoms with E-state index in [2.05, 4.69) is 10.1 Å². The summed E-state index contributed by atoms with van der Waals surface area (Å²) >= 11 is 0. The van der Waals surface area contributed by atoms with E-state index in [-0.39, 0.29) is 24.8 Å². The lowest BCUT2D eigenvalue weighted by molar-refractivity contribution is -0.274. The molecule has 2 aliphatic heterocycles. The number of benzene rings is 3. The van der Waals surface area contributed by atoms with Gasteiger partial charge in [0.2, 0.25) is 0 Å². The van der Waals surface area contributed by atoms with Gasteiger partial charge in [0.05, 0.1) is 19.2 Å². The van der Waals surface area contributed by atoms with Gasteiger partial charge in [-0.3, -0.25) is 0 Å². The molecular weight excluding hydrogens is 538 g/mol. The van der Waals surface area contributed by atoms with Crippen LogP contribution in [0.1, 0.15) is 23.1 Å². The normalized spacial score (nSPS) is 21.8. The predicted octanol–water partition coefficient (Wildman–Crippen LogP) is 6.06. The van der Waals surface area contributed by atoms with Crippen molar-refractivity contribution in [3.05, 3.63) is 89.5 Å². The zero-order valence-corrected chi connectivity index (χ0v) is 21.3. The lowest BCUT2D eigenvalue weighted by Crippen LogP contribution is -2.44. The number of rotatable bonds is 8. The number of hydrogen-bond acceptors (Lipinski definition) is 5. The number of fused-ring (bicyclic) bond motifs is 1. The molecule has 214 valence electrons. The number of aliphatic hydroxyl groups excluding tert-OH is 1. The first kappa shape index (κ1) is 28.1. The molecule has 11 heteroatoms. The third-order valence-corrected chi connectivity index (χ3v) is 7.35. The lowest BCUT2D eigenvalue weighted by atomic mass is 9.71. The molecule has 1 saturated heterocycles. The Morgan fingerprint density at radius 3 is 2.50 bits per heavy atom. The van der Waals surface area contributed by atoms with Gasteiger partial charge in [0.25, 0.3) is 0 Å². The van der Waals surface area contributed by atoms with Crippen molar-refractivity contribution in [2.75, 3.05) is 36.5 Å². The Kier molecular flexibility index (Phi) is 7.62. The number of nitrogens with one attached hydrogen (secondary N) is 1. The van der Waals surface area contributed by atoms with E-state index in [0.29, 0.717) is 30.0 Å². The SMILES string of the molecule is O[C@H](CN1CC(Cc2cccc(OC(F)(F)F)c2)(c2cccc(N[C@@H]3CCOC3)c2)c2ccccc21)C(F)(F)F. The number of alkyl halides is 6. The van der Waals surface area contributed by atoms with Crippen molar-refractivity contribution in [2.24, 2.45) is 0 Å². The van der Waals surface area contributed by atoms with Crippen LogP contribution in [-0.2, 0) is 16.6 Å². The highest BCUT2D eigenvalue weighted by Gasteiger charge is 2.47. The Labute approximate surface area is 227 Å². The first-order valence-electron chi connectivity index (χ1n) is 12.8. The van der Waals surface area contributed by atoms with E-state index < -0.39 is 30.6 Å². The number of nitrogens with zero attached hydrogens (tertiary/aromatic N) is 1. The molecule has 0 amide bonds. The van der Waals surface area contributed by atoms with Crippen LogP contribution in [0.25, 0.3) is 0 Å². The van der Waals surface area contributed by atoms with Gasteiger partial charge < -0.3 is 24.8 Å². The van der Waals surface area contributed by atoms with Gasteiger partial charge in [0.1, 0.15) is 5.75 Å². The molecule has 0 saturated carbocycles. The van der Waals surface area contributed by atoms with Gasteiger partial charge in [-0.1, -0.05) is 42.5 Å². The average Bonchev–Trinajstić information content (AvgIpc) is 3.50. The molecule has 5 nitrogen and oxygen atoms in total. The summed E-state index contributed by atoms with van der Waals surface area (Å²) in [5.41, 5.74) is 2.38. The molecule has 2 N–H and O–H groups in total. The summed E-state index contributed by atoms with van der Waals surface area (Å²) in [4.78, 5) is 1.49. The smallest absolute Gasteiger partial charge is 0.406 e. The second-order valence-electron chi connectivity index (χ2n) is 10.2. The zero-order chi connectivity index (χ0) is 28.5. The van der Waals surface area contributed by atoms with Crippen LogP contribution in [0.4, 0.5) is 37.7 Å². The quantitative estimate of drug-likeness (QED) is 0.325. The Morgan fingerprint density at radius 2 is 1.77 bits per heavy atom. The number of aliphatic hydroxyl groups is 1. The van der Waals surface area contributed by atoms with Gasteiger partial charge >= 0.3 is 12.5 Å². The molecule has 2 aliphatic rings. The minimum absolute atomic E-state index is 0.0693. The van der Waals surface area contributed by atoms with E-state index >= 15 is 0 Å². The van der Waals surface area contributed by atoms with Gasteiger partial charge in [-0.2, -0.15) is 13.2 Å². The summed E-state index contributed by atoms with van der Waals surface area (Å²) < 4.78 is 88.5. The summed E-state index contributed by atoms with van der Waals surface area (Å²) in [6.45, 7) is 0.575. The fourth-order valence-electron chi connectivity index (χ4n) is 5.62. The Hall–Kier alpha value is -3.44. The molecule has 1 unspecified atom stereocenters. The molecule has 0 aliphatic carbocycles. The maximum Gasteiger partial charge on any atom is 0.573 e. The monoisotopic (exact) mass is 566 g/mol. The molecule has 3 aromatic rings. The fraction of sp³-hybridized carbons (Fsp3) is 0.379. The van der Waals surface area contributed by atoms with Crippen LogP contribution in [0, 0.1) is 0 Å².